The first-order chi connectivity index (χ1) is 14.6. The maximum absolute atomic E-state index is 13.1. The van der Waals surface area contributed by atoms with Crippen molar-refractivity contribution in [2.24, 2.45) is 0 Å². The monoisotopic (exact) mass is 403 g/mol. The number of para-hydroxylation sites is 1. The standard InChI is InChI=1S/C24H21NO5/c1-15-23-17(12-25(14-29-23)13-18-7-5-9-28-18)10-19-22(26)21(30-24(15)19)11-16-6-3-4-8-20(16)27-2/h3-11H,12-14H2,1-2H3/b21-11-. The lowest BCUT2D eigenvalue weighted by molar-refractivity contribution is 0.0813. The van der Waals surface area contributed by atoms with Gasteiger partial charge >= 0.3 is 0 Å². The lowest BCUT2D eigenvalue weighted by atomic mass is 10.00. The summed E-state index contributed by atoms with van der Waals surface area (Å²) < 4.78 is 22.8. The van der Waals surface area contributed by atoms with Gasteiger partial charge in [0.1, 0.15) is 29.7 Å². The van der Waals surface area contributed by atoms with Crippen LogP contribution in [0.2, 0.25) is 0 Å². The molecule has 3 aromatic rings. The number of hydrogen-bond acceptors (Lipinski definition) is 6. The van der Waals surface area contributed by atoms with Crippen molar-refractivity contribution in [3.8, 4) is 17.2 Å². The molecular formula is C24H21NO5. The number of benzene rings is 2. The summed E-state index contributed by atoms with van der Waals surface area (Å²) in [6, 6.07) is 13.2. The molecule has 2 aromatic carbocycles. The SMILES string of the molecule is COc1ccccc1/C=C1\Oc2c(cc3c(c2C)OCN(Cc2ccco2)C3)C1=O. The third-order valence-corrected chi connectivity index (χ3v) is 5.39. The molecule has 5 rings (SSSR count). The van der Waals surface area contributed by atoms with Gasteiger partial charge in [0.05, 0.1) is 25.5 Å². The van der Waals surface area contributed by atoms with Crippen LogP contribution in [0.15, 0.2) is 58.9 Å². The van der Waals surface area contributed by atoms with E-state index in [2.05, 4.69) is 4.90 Å². The Labute approximate surface area is 174 Å². The second kappa shape index (κ2) is 7.39. The van der Waals surface area contributed by atoms with Crippen LogP contribution in [0.25, 0.3) is 6.08 Å². The molecule has 0 amide bonds. The van der Waals surface area contributed by atoms with E-state index in [0.717, 1.165) is 28.2 Å². The molecule has 0 aliphatic carbocycles. The van der Waals surface area contributed by atoms with Crippen molar-refractivity contribution >= 4 is 11.9 Å². The van der Waals surface area contributed by atoms with Crippen LogP contribution < -0.4 is 14.2 Å². The Hall–Kier alpha value is -3.51. The van der Waals surface area contributed by atoms with Crippen molar-refractivity contribution in [1.29, 1.82) is 0 Å². The first kappa shape index (κ1) is 18.5. The molecule has 30 heavy (non-hydrogen) atoms. The van der Waals surface area contributed by atoms with Crippen LogP contribution in [0.3, 0.4) is 0 Å². The largest absolute Gasteiger partial charge is 0.496 e. The number of nitrogens with zero attached hydrogens (tertiary/aromatic N) is 1. The number of furan rings is 1. The number of hydrogen-bond donors (Lipinski definition) is 0. The molecule has 1 aromatic heterocycles. The smallest absolute Gasteiger partial charge is 0.231 e. The van der Waals surface area contributed by atoms with E-state index >= 15 is 0 Å². The maximum atomic E-state index is 13.1. The van der Waals surface area contributed by atoms with Crippen LogP contribution in [0.4, 0.5) is 0 Å². The van der Waals surface area contributed by atoms with Crippen LogP contribution in [-0.2, 0) is 13.1 Å². The molecule has 0 bridgehead atoms. The van der Waals surface area contributed by atoms with Crippen molar-refractivity contribution < 1.29 is 23.4 Å². The van der Waals surface area contributed by atoms with Crippen molar-refractivity contribution in [2.45, 2.75) is 20.0 Å². The van der Waals surface area contributed by atoms with E-state index in [-0.39, 0.29) is 11.5 Å². The minimum Gasteiger partial charge on any atom is -0.496 e. The van der Waals surface area contributed by atoms with Gasteiger partial charge in [-0.15, -0.1) is 0 Å². The van der Waals surface area contributed by atoms with Crippen molar-refractivity contribution in [3.63, 3.8) is 0 Å². The highest BCUT2D eigenvalue weighted by Gasteiger charge is 2.33. The molecular weight excluding hydrogens is 382 g/mol. The van der Waals surface area contributed by atoms with Crippen LogP contribution in [0.1, 0.15) is 32.8 Å². The second-order valence-corrected chi connectivity index (χ2v) is 7.39. The van der Waals surface area contributed by atoms with Crippen LogP contribution in [-0.4, -0.2) is 24.5 Å². The van der Waals surface area contributed by atoms with Gasteiger partial charge in [0.25, 0.3) is 0 Å². The number of allylic oxidation sites excluding steroid dienone is 1. The zero-order valence-electron chi connectivity index (χ0n) is 16.8. The summed E-state index contributed by atoms with van der Waals surface area (Å²) >= 11 is 0. The molecule has 0 fully saturated rings. The van der Waals surface area contributed by atoms with Gasteiger partial charge in [0.15, 0.2) is 5.76 Å². The Morgan fingerprint density at radius 3 is 2.83 bits per heavy atom. The summed E-state index contributed by atoms with van der Waals surface area (Å²) in [6.07, 6.45) is 3.39. The topological polar surface area (TPSA) is 61.1 Å². The Bertz CT molecular complexity index is 1150. The van der Waals surface area contributed by atoms with Gasteiger partial charge in [-0.1, -0.05) is 18.2 Å². The van der Waals surface area contributed by atoms with Gasteiger partial charge < -0.3 is 18.6 Å². The van der Waals surface area contributed by atoms with Crippen LogP contribution >= 0.6 is 0 Å². The van der Waals surface area contributed by atoms with Crippen molar-refractivity contribution in [1.82, 2.24) is 4.90 Å². The van der Waals surface area contributed by atoms with Gasteiger partial charge in [-0.25, -0.2) is 0 Å². The molecule has 0 spiro atoms. The zero-order valence-corrected chi connectivity index (χ0v) is 16.8. The third-order valence-electron chi connectivity index (χ3n) is 5.39. The Morgan fingerprint density at radius 1 is 1.17 bits per heavy atom. The lowest BCUT2D eigenvalue weighted by Gasteiger charge is -2.29. The summed E-state index contributed by atoms with van der Waals surface area (Å²) in [5.41, 5.74) is 3.17. The average molecular weight is 403 g/mol. The molecule has 0 atom stereocenters. The van der Waals surface area contributed by atoms with E-state index in [1.165, 1.54) is 0 Å². The van der Waals surface area contributed by atoms with E-state index < -0.39 is 0 Å². The normalized spacial score (nSPS) is 16.7. The lowest BCUT2D eigenvalue weighted by Crippen LogP contribution is -2.31. The van der Waals surface area contributed by atoms with Crippen LogP contribution in [0, 0.1) is 6.92 Å². The molecule has 6 nitrogen and oxygen atoms in total. The van der Waals surface area contributed by atoms with Gasteiger partial charge in [0, 0.05) is 23.2 Å². The van der Waals surface area contributed by atoms with Gasteiger partial charge in [0.2, 0.25) is 5.78 Å². The fourth-order valence-corrected chi connectivity index (χ4v) is 3.95. The molecule has 2 aliphatic rings. The van der Waals surface area contributed by atoms with Crippen LogP contribution in [0.5, 0.6) is 17.2 Å². The number of Topliss-reactive ketones (excluding diaryl/α,β-unsaturated/α-hetero) is 1. The maximum Gasteiger partial charge on any atom is 0.231 e. The number of ketones is 1. The molecule has 0 saturated carbocycles. The predicted octanol–water partition coefficient (Wildman–Crippen LogP) is 4.56. The molecule has 2 aliphatic heterocycles. The Morgan fingerprint density at radius 2 is 2.03 bits per heavy atom. The summed E-state index contributed by atoms with van der Waals surface area (Å²) in [7, 11) is 1.60. The number of carbonyl (C=O) groups excluding carboxylic acids is 1. The number of rotatable bonds is 4. The highest BCUT2D eigenvalue weighted by atomic mass is 16.5. The molecule has 0 radical (unpaired) electrons. The highest BCUT2D eigenvalue weighted by molar-refractivity contribution is 6.15. The third kappa shape index (κ3) is 3.15. The fourth-order valence-electron chi connectivity index (χ4n) is 3.95. The summed E-state index contributed by atoms with van der Waals surface area (Å²) in [4.78, 5) is 15.2. The minimum absolute atomic E-state index is 0.134. The molecule has 152 valence electrons. The van der Waals surface area contributed by atoms with Crippen molar-refractivity contribution in [2.75, 3.05) is 13.8 Å². The quantitative estimate of drug-likeness (QED) is 0.595. The molecule has 6 heteroatoms. The van der Waals surface area contributed by atoms with E-state index in [9.17, 15) is 4.79 Å². The number of fused-ring (bicyclic) bond motifs is 2. The van der Waals surface area contributed by atoms with Gasteiger partial charge in [-0.05, 0) is 37.3 Å². The van der Waals surface area contributed by atoms with Gasteiger partial charge in [-0.2, -0.15) is 0 Å². The fraction of sp³-hybridized carbons (Fsp3) is 0.208. The van der Waals surface area contributed by atoms with E-state index in [1.54, 1.807) is 19.4 Å². The van der Waals surface area contributed by atoms with Crippen molar-refractivity contribution in [3.05, 3.63) is 82.5 Å². The average Bonchev–Trinajstić information content (AvgIpc) is 3.37. The summed E-state index contributed by atoms with van der Waals surface area (Å²) in [6.45, 7) is 3.69. The van der Waals surface area contributed by atoms with E-state index in [1.807, 2.05) is 49.4 Å². The number of methoxy groups -OCH3 is 1. The first-order valence-electron chi connectivity index (χ1n) is 9.75. The van der Waals surface area contributed by atoms with E-state index in [4.69, 9.17) is 18.6 Å². The summed E-state index contributed by atoms with van der Waals surface area (Å²) in [5.74, 6) is 3.07. The number of carbonyl (C=O) groups is 1. The molecule has 0 N–H and O–H groups in total. The second-order valence-electron chi connectivity index (χ2n) is 7.39. The molecule has 0 saturated heterocycles. The molecule has 3 heterocycles. The Balaban J connectivity index is 1.46. The van der Waals surface area contributed by atoms with Gasteiger partial charge in [-0.3, -0.25) is 9.69 Å². The zero-order chi connectivity index (χ0) is 20.7. The predicted molar refractivity (Wildman–Crippen MR) is 111 cm³/mol. The first-order valence-corrected chi connectivity index (χ1v) is 9.75. The summed E-state index contributed by atoms with van der Waals surface area (Å²) in [5, 5.41) is 0. The Kier molecular flexibility index (Phi) is 4.56. The highest BCUT2D eigenvalue weighted by Crippen LogP contribution is 2.43. The minimum atomic E-state index is -0.134. The number of ether oxygens (including phenoxy) is 3. The molecule has 0 unspecified atom stereocenters. The van der Waals surface area contributed by atoms with E-state index in [0.29, 0.717) is 36.9 Å².